The molecule has 0 radical (unpaired) electrons. The van der Waals surface area contributed by atoms with Gasteiger partial charge < -0.3 is 9.47 Å². The number of para-hydroxylation sites is 1. The van der Waals surface area contributed by atoms with Crippen molar-refractivity contribution in [3.05, 3.63) is 92.6 Å². The number of amides is 3. The van der Waals surface area contributed by atoms with E-state index in [-0.39, 0.29) is 12.5 Å². The summed E-state index contributed by atoms with van der Waals surface area (Å²) in [4.78, 5) is 42.0. The minimum absolute atomic E-state index is 0.207. The SMILES string of the molecule is Cc1cccc(C)c1-n1c(C)cc(/C=C2\SC(=O)N(CC(=O)N3CCc4ccccc4C3)C2=O)c1C. The Labute approximate surface area is 215 Å². The maximum absolute atomic E-state index is 13.2. The number of fused-ring (bicyclic) bond motifs is 1. The minimum atomic E-state index is -0.410. The van der Waals surface area contributed by atoms with Crippen LogP contribution in [0.15, 0.2) is 53.4 Å². The Hall–Kier alpha value is -3.58. The van der Waals surface area contributed by atoms with Crippen molar-refractivity contribution < 1.29 is 14.4 Å². The quantitative estimate of drug-likeness (QED) is 0.455. The second-order valence-electron chi connectivity index (χ2n) is 9.50. The maximum atomic E-state index is 13.2. The van der Waals surface area contributed by atoms with E-state index >= 15 is 0 Å². The van der Waals surface area contributed by atoms with E-state index in [9.17, 15) is 14.4 Å². The van der Waals surface area contributed by atoms with Gasteiger partial charge in [-0.2, -0.15) is 0 Å². The Bertz CT molecular complexity index is 1420. The third kappa shape index (κ3) is 4.28. The molecule has 7 heteroatoms. The number of thioether (sulfide) groups is 1. The second-order valence-corrected chi connectivity index (χ2v) is 10.5. The summed E-state index contributed by atoms with van der Waals surface area (Å²) in [6, 6.07) is 16.3. The third-order valence-corrected chi connectivity index (χ3v) is 7.98. The van der Waals surface area contributed by atoms with Crippen LogP contribution in [-0.2, 0) is 22.6 Å². The number of hydrogen-bond acceptors (Lipinski definition) is 4. The lowest BCUT2D eigenvalue weighted by atomic mass is 10.00. The van der Waals surface area contributed by atoms with Gasteiger partial charge in [0, 0.05) is 24.5 Å². The average molecular weight is 500 g/mol. The van der Waals surface area contributed by atoms with E-state index in [0.29, 0.717) is 18.0 Å². The number of aryl methyl sites for hydroxylation is 3. The first-order valence-electron chi connectivity index (χ1n) is 12.1. The Morgan fingerprint density at radius 1 is 0.972 bits per heavy atom. The van der Waals surface area contributed by atoms with Crippen molar-refractivity contribution in [1.82, 2.24) is 14.4 Å². The number of carbonyl (C=O) groups excluding carboxylic acids is 3. The summed E-state index contributed by atoms with van der Waals surface area (Å²) in [5.74, 6) is -0.617. The van der Waals surface area contributed by atoms with Gasteiger partial charge in [-0.15, -0.1) is 0 Å². The maximum Gasteiger partial charge on any atom is 0.294 e. The van der Waals surface area contributed by atoms with Crippen LogP contribution in [0.4, 0.5) is 4.79 Å². The summed E-state index contributed by atoms with van der Waals surface area (Å²) in [6.07, 6.45) is 2.55. The van der Waals surface area contributed by atoms with Gasteiger partial charge in [0.2, 0.25) is 5.91 Å². The molecule has 2 aliphatic rings. The zero-order valence-electron chi connectivity index (χ0n) is 21.0. The van der Waals surface area contributed by atoms with Gasteiger partial charge in [-0.25, -0.2) is 0 Å². The summed E-state index contributed by atoms with van der Waals surface area (Å²) in [6.45, 7) is 9.10. The van der Waals surface area contributed by atoms with Gasteiger partial charge in [-0.05, 0) is 85.8 Å². The van der Waals surface area contributed by atoms with Crippen LogP contribution in [0.25, 0.3) is 11.8 Å². The minimum Gasteiger partial charge on any atom is -0.336 e. The van der Waals surface area contributed by atoms with Crippen molar-refractivity contribution in [1.29, 1.82) is 0 Å². The number of hydrogen-bond donors (Lipinski definition) is 0. The van der Waals surface area contributed by atoms with Crippen LogP contribution in [0.2, 0.25) is 0 Å². The normalized spacial score (nSPS) is 16.7. The van der Waals surface area contributed by atoms with Crippen molar-refractivity contribution in [3.63, 3.8) is 0 Å². The van der Waals surface area contributed by atoms with Crippen molar-refractivity contribution in [3.8, 4) is 5.69 Å². The molecule has 36 heavy (non-hydrogen) atoms. The fourth-order valence-electron chi connectivity index (χ4n) is 5.16. The van der Waals surface area contributed by atoms with Crippen LogP contribution in [0.3, 0.4) is 0 Å². The molecule has 184 valence electrons. The number of imide groups is 1. The standard InChI is InChI=1S/C29H29N3O3S/c1-18-8-7-9-19(2)27(18)32-20(3)14-24(21(32)4)15-25-28(34)31(29(35)36-25)17-26(33)30-13-12-22-10-5-6-11-23(22)16-30/h5-11,14-15H,12-13,16-17H2,1-4H3/b25-15-. The van der Waals surface area contributed by atoms with Gasteiger partial charge in [0.25, 0.3) is 11.1 Å². The number of nitrogens with zero attached hydrogens (tertiary/aromatic N) is 3. The van der Waals surface area contributed by atoms with Crippen LogP contribution >= 0.6 is 11.8 Å². The van der Waals surface area contributed by atoms with Crippen molar-refractivity contribution >= 4 is 34.9 Å². The fraction of sp³-hybridized carbons (Fsp3) is 0.276. The lowest BCUT2D eigenvalue weighted by molar-refractivity contribution is -0.136. The molecule has 6 nitrogen and oxygen atoms in total. The molecule has 0 saturated carbocycles. The van der Waals surface area contributed by atoms with E-state index in [1.807, 2.05) is 44.2 Å². The molecule has 1 saturated heterocycles. The molecule has 1 aromatic heterocycles. The van der Waals surface area contributed by atoms with E-state index in [1.165, 1.54) is 16.7 Å². The van der Waals surface area contributed by atoms with E-state index in [2.05, 4.69) is 36.6 Å². The first-order valence-corrected chi connectivity index (χ1v) is 12.9. The van der Waals surface area contributed by atoms with Crippen LogP contribution < -0.4 is 0 Å². The summed E-state index contributed by atoms with van der Waals surface area (Å²) in [5.41, 5.74) is 8.77. The molecule has 5 rings (SSSR count). The highest BCUT2D eigenvalue weighted by molar-refractivity contribution is 8.18. The van der Waals surface area contributed by atoms with Crippen LogP contribution in [0, 0.1) is 27.7 Å². The van der Waals surface area contributed by atoms with Gasteiger partial charge in [-0.3, -0.25) is 19.3 Å². The van der Waals surface area contributed by atoms with Gasteiger partial charge in [0.1, 0.15) is 6.54 Å². The summed E-state index contributed by atoms with van der Waals surface area (Å²) >= 11 is 0.898. The van der Waals surface area contributed by atoms with E-state index in [1.54, 1.807) is 11.0 Å². The highest BCUT2D eigenvalue weighted by Gasteiger charge is 2.37. The molecule has 0 atom stereocenters. The Balaban J connectivity index is 1.36. The third-order valence-electron chi connectivity index (χ3n) is 7.07. The van der Waals surface area contributed by atoms with E-state index in [0.717, 1.165) is 51.3 Å². The Kier molecular flexibility index (Phi) is 6.35. The Morgan fingerprint density at radius 2 is 1.67 bits per heavy atom. The first-order chi connectivity index (χ1) is 17.2. The molecule has 1 fully saturated rings. The summed E-state index contributed by atoms with van der Waals surface area (Å²) < 4.78 is 2.19. The molecule has 0 aliphatic carbocycles. The highest BCUT2D eigenvalue weighted by Crippen LogP contribution is 2.34. The molecule has 0 bridgehead atoms. The molecule has 3 heterocycles. The molecular formula is C29H29N3O3S. The molecule has 0 N–H and O–H groups in total. The molecule has 2 aromatic carbocycles. The lowest BCUT2D eigenvalue weighted by Crippen LogP contribution is -2.44. The van der Waals surface area contributed by atoms with Crippen LogP contribution in [0.5, 0.6) is 0 Å². The molecule has 3 amide bonds. The van der Waals surface area contributed by atoms with Gasteiger partial charge in [-0.1, -0.05) is 42.5 Å². The molecule has 3 aromatic rings. The highest BCUT2D eigenvalue weighted by atomic mass is 32.2. The molecular weight excluding hydrogens is 470 g/mol. The number of benzene rings is 2. The predicted molar refractivity (Wildman–Crippen MR) is 143 cm³/mol. The molecule has 2 aliphatic heterocycles. The topological polar surface area (TPSA) is 62.6 Å². The predicted octanol–water partition coefficient (Wildman–Crippen LogP) is 5.33. The summed E-state index contributed by atoms with van der Waals surface area (Å²) in [7, 11) is 0. The second kappa shape index (κ2) is 9.47. The smallest absolute Gasteiger partial charge is 0.294 e. The Morgan fingerprint density at radius 3 is 2.39 bits per heavy atom. The zero-order valence-corrected chi connectivity index (χ0v) is 21.8. The summed E-state index contributed by atoms with van der Waals surface area (Å²) in [5, 5.41) is -0.402. The first kappa shape index (κ1) is 24.1. The zero-order chi connectivity index (χ0) is 25.6. The van der Waals surface area contributed by atoms with Crippen LogP contribution in [0.1, 0.15) is 39.2 Å². The van der Waals surface area contributed by atoms with Crippen molar-refractivity contribution in [2.75, 3.05) is 13.1 Å². The van der Waals surface area contributed by atoms with Gasteiger partial charge >= 0.3 is 0 Å². The van der Waals surface area contributed by atoms with Crippen molar-refractivity contribution in [2.45, 2.75) is 40.7 Å². The van der Waals surface area contributed by atoms with Gasteiger partial charge in [0.15, 0.2) is 0 Å². The fourth-order valence-corrected chi connectivity index (χ4v) is 5.99. The van der Waals surface area contributed by atoms with Gasteiger partial charge in [0.05, 0.1) is 10.6 Å². The average Bonchev–Trinajstić information content (AvgIpc) is 3.28. The number of carbonyl (C=O) groups is 3. The largest absolute Gasteiger partial charge is 0.336 e. The molecule has 0 unspecified atom stereocenters. The number of aromatic nitrogens is 1. The lowest BCUT2D eigenvalue weighted by Gasteiger charge is -2.29. The van der Waals surface area contributed by atoms with E-state index < -0.39 is 11.1 Å². The van der Waals surface area contributed by atoms with Crippen molar-refractivity contribution in [2.24, 2.45) is 0 Å². The van der Waals surface area contributed by atoms with E-state index in [4.69, 9.17) is 0 Å². The van der Waals surface area contributed by atoms with Crippen LogP contribution in [-0.4, -0.2) is 44.5 Å². The number of rotatable bonds is 4. The monoisotopic (exact) mass is 499 g/mol. The molecule has 0 spiro atoms.